The van der Waals surface area contributed by atoms with Gasteiger partial charge in [0, 0.05) is 5.56 Å². The number of benzene rings is 2. The quantitative estimate of drug-likeness (QED) is 0.827. The molecule has 3 rings (SSSR count). The zero-order valence-corrected chi connectivity index (χ0v) is 14.1. The van der Waals surface area contributed by atoms with Crippen molar-refractivity contribution in [3.05, 3.63) is 58.9 Å². The lowest BCUT2D eigenvalue weighted by atomic mass is 10.1. The fourth-order valence-electron chi connectivity index (χ4n) is 2.73. The van der Waals surface area contributed by atoms with Gasteiger partial charge in [0.25, 0.3) is 5.91 Å². The van der Waals surface area contributed by atoms with E-state index < -0.39 is 23.7 Å². The van der Waals surface area contributed by atoms with E-state index in [0.717, 1.165) is 24.1 Å². The van der Waals surface area contributed by atoms with E-state index in [9.17, 15) is 14.0 Å². The second-order valence-electron chi connectivity index (χ2n) is 5.86. The van der Waals surface area contributed by atoms with Gasteiger partial charge < -0.3 is 19.9 Å². The number of carboxylic acids is 1. The van der Waals surface area contributed by atoms with E-state index in [-0.39, 0.29) is 17.7 Å². The second-order valence-corrected chi connectivity index (χ2v) is 5.86. The Morgan fingerprint density at radius 1 is 1.35 bits per heavy atom. The van der Waals surface area contributed by atoms with Crippen LogP contribution in [0.3, 0.4) is 0 Å². The highest BCUT2D eigenvalue weighted by Crippen LogP contribution is 2.40. The van der Waals surface area contributed by atoms with Crippen molar-refractivity contribution < 1.29 is 28.6 Å². The summed E-state index contributed by atoms with van der Waals surface area (Å²) in [5.74, 6) is -1.60. The monoisotopic (exact) mass is 359 g/mol. The van der Waals surface area contributed by atoms with Gasteiger partial charge in [0.15, 0.2) is 11.5 Å². The highest BCUT2D eigenvalue weighted by molar-refractivity contribution is 5.96. The summed E-state index contributed by atoms with van der Waals surface area (Å²) < 4.78 is 25.3. The molecule has 2 aromatic rings. The van der Waals surface area contributed by atoms with Crippen LogP contribution < -0.4 is 14.8 Å². The molecule has 7 heteroatoms. The van der Waals surface area contributed by atoms with Gasteiger partial charge in [-0.25, -0.2) is 9.18 Å². The van der Waals surface area contributed by atoms with Crippen molar-refractivity contribution in [3.63, 3.8) is 0 Å². The van der Waals surface area contributed by atoms with Gasteiger partial charge in [-0.15, -0.1) is 0 Å². The van der Waals surface area contributed by atoms with Crippen LogP contribution in [-0.4, -0.2) is 30.2 Å². The van der Waals surface area contributed by atoms with Crippen molar-refractivity contribution in [2.24, 2.45) is 0 Å². The SMILES string of the molecule is CCCOc1cccc2c1OCC2NC(=O)c1ccc(C(=O)O)cc1F. The standard InChI is InChI=1S/C19H18FNO5/c1-2-8-25-16-5-3-4-13-15(10-26-17(13)16)21-18(22)12-7-6-11(19(23)24)9-14(12)20/h3-7,9,15H,2,8,10H2,1H3,(H,21,22)(H,23,24). The predicted molar refractivity (Wildman–Crippen MR) is 91.3 cm³/mol. The number of amides is 1. The summed E-state index contributed by atoms with van der Waals surface area (Å²) >= 11 is 0. The Labute approximate surface area is 149 Å². The number of carbonyl (C=O) groups is 2. The lowest BCUT2D eigenvalue weighted by molar-refractivity contribution is 0.0695. The molecule has 0 saturated carbocycles. The fourth-order valence-corrected chi connectivity index (χ4v) is 2.73. The molecule has 1 aliphatic heterocycles. The van der Waals surface area contributed by atoms with E-state index in [1.807, 2.05) is 13.0 Å². The average molecular weight is 359 g/mol. The number of carbonyl (C=O) groups excluding carboxylic acids is 1. The molecule has 0 spiro atoms. The molecule has 6 nitrogen and oxygen atoms in total. The number of para-hydroxylation sites is 1. The molecule has 0 fully saturated rings. The highest BCUT2D eigenvalue weighted by Gasteiger charge is 2.29. The molecule has 1 atom stereocenters. The van der Waals surface area contributed by atoms with Crippen molar-refractivity contribution in [2.75, 3.05) is 13.2 Å². The first kappa shape index (κ1) is 17.7. The van der Waals surface area contributed by atoms with Gasteiger partial charge in [0.05, 0.1) is 23.8 Å². The van der Waals surface area contributed by atoms with E-state index in [0.29, 0.717) is 18.1 Å². The number of nitrogens with one attached hydrogen (secondary N) is 1. The Bertz CT molecular complexity index is 852. The number of rotatable bonds is 6. The molecule has 2 aromatic carbocycles. The second kappa shape index (κ2) is 7.43. The van der Waals surface area contributed by atoms with E-state index in [1.54, 1.807) is 12.1 Å². The number of hydrogen-bond donors (Lipinski definition) is 2. The number of halogens is 1. The first-order chi connectivity index (χ1) is 12.5. The number of fused-ring (bicyclic) bond motifs is 1. The molecule has 1 aliphatic rings. The van der Waals surface area contributed by atoms with Crippen LogP contribution in [-0.2, 0) is 0 Å². The minimum Gasteiger partial charge on any atom is -0.490 e. The summed E-state index contributed by atoms with van der Waals surface area (Å²) in [5.41, 5.74) is 0.322. The number of hydrogen-bond acceptors (Lipinski definition) is 4. The fraction of sp³-hybridized carbons (Fsp3) is 0.263. The summed E-state index contributed by atoms with van der Waals surface area (Å²) in [6, 6.07) is 8.15. The van der Waals surface area contributed by atoms with Gasteiger partial charge in [-0.3, -0.25) is 4.79 Å². The van der Waals surface area contributed by atoms with Gasteiger partial charge in [-0.1, -0.05) is 19.1 Å². The Morgan fingerprint density at radius 2 is 2.15 bits per heavy atom. The van der Waals surface area contributed by atoms with Crippen molar-refractivity contribution in [1.82, 2.24) is 5.32 Å². The van der Waals surface area contributed by atoms with Gasteiger partial charge in [0.1, 0.15) is 12.4 Å². The molecule has 0 radical (unpaired) electrons. The van der Waals surface area contributed by atoms with Crippen molar-refractivity contribution in [1.29, 1.82) is 0 Å². The summed E-state index contributed by atoms with van der Waals surface area (Å²) in [4.78, 5) is 23.2. The van der Waals surface area contributed by atoms with Crippen LogP contribution in [0.5, 0.6) is 11.5 Å². The van der Waals surface area contributed by atoms with Crippen LogP contribution >= 0.6 is 0 Å². The molecule has 2 N–H and O–H groups in total. The Balaban J connectivity index is 1.78. The van der Waals surface area contributed by atoms with Crippen LogP contribution in [0, 0.1) is 5.82 Å². The van der Waals surface area contributed by atoms with Gasteiger partial charge in [-0.2, -0.15) is 0 Å². The highest BCUT2D eigenvalue weighted by atomic mass is 19.1. The summed E-state index contributed by atoms with van der Waals surface area (Å²) in [7, 11) is 0. The van der Waals surface area contributed by atoms with Gasteiger partial charge in [-0.05, 0) is 30.7 Å². The largest absolute Gasteiger partial charge is 0.490 e. The number of aromatic carboxylic acids is 1. The van der Waals surface area contributed by atoms with Crippen LogP contribution in [0.4, 0.5) is 4.39 Å². The first-order valence-electron chi connectivity index (χ1n) is 8.23. The number of ether oxygens (including phenoxy) is 2. The van der Waals surface area contributed by atoms with Crippen LogP contribution in [0.25, 0.3) is 0 Å². The van der Waals surface area contributed by atoms with E-state index in [2.05, 4.69) is 5.32 Å². The van der Waals surface area contributed by atoms with Crippen LogP contribution in [0.15, 0.2) is 36.4 Å². The molecule has 136 valence electrons. The minimum atomic E-state index is -1.26. The Morgan fingerprint density at radius 3 is 2.85 bits per heavy atom. The van der Waals surface area contributed by atoms with Crippen LogP contribution in [0.1, 0.15) is 45.7 Å². The van der Waals surface area contributed by atoms with Crippen molar-refractivity contribution in [2.45, 2.75) is 19.4 Å². The molecule has 0 saturated heterocycles. The smallest absolute Gasteiger partial charge is 0.335 e. The molecular formula is C19H18FNO5. The predicted octanol–water partition coefficient (Wildman–Crippen LogP) is 3.18. The molecular weight excluding hydrogens is 341 g/mol. The Hall–Kier alpha value is -3.09. The topological polar surface area (TPSA) is 84.9 Å². The van der Waals surface area contributed by atoms with E-state index in [4.69, 9.17) is 14.6 Å². The van der Waals surface area contributed by atoms with Gasteiger partial charge >= 0.3 is 5.97 Å². The maximum atomic E-state index is 14.1. The maximum absolute atomic E-state index is 14.1. The molecule has 1 amide bonds. The third-order valence-electron chi connectivity index (χ3n) is 4.01. The van der Waals surface area contributed by atoms with E-state index in [1.165, 1.54) is 6.07 Å². The third-order valence-corrected chi connectivity index (χ3v) is 4.01. The third kappa shape index (κ3) is 3.46. The zero-order chi connectivity index (χ0) is 18.7. The van der Waals surface area contributed by atoms with Crippen molar-refractivity contribution in [3.8, 4) is 11.5 Å². The molecule has 1 heterocycles. The minimum absolute atomic E-state index is 0.211. The average Bonchev–Trinajstić information content (AvgIpc) is 3.03. The molecule has 0 aromatic heterocycles. The normalized spacial score (nSPS) is 15.1. The number of carboxylic acid groups (broad SMARTS) is 1. The molecule has 1 unspecified atom stereocenters. The molecule has 0 aliphatic carbocycles. The van der Waals surface area contributed by atoms with E-state index >= 15 is 0 Å². The van der Waals surface area contributed by atoms with Crippen LogP contribution in [0.2, 0.25) is 0 Å². The first-order valence-corrected chi connectivity index (χ1v) is 8.23. The van der Waals surface area contributed by atoms with Crippen molar-refractivity contribution >= 4 is 11.9 Å². The summed E-state index contributed by atoms with van der Waals surface area (Å²) in [6.45, 7) is 2.76. The lowest BCUT2D eigenvalue weighted by Crippen LogP contribution is -2.30. The Kier molecular flexibility index (Phi) is 5.06. The zero-order valence-electron chi connectivity index (χ0n) is 14.1. The molecule has 26 heavy (non-hydrogen) atoms. The summed E-state index contributed by atoms with van der Waals surface area (Å²) in [6.07, 6.45) is 0.857. The van der Waals surface area contributed by atoms with Gasteiger partial charge in [0.2, 0.25) is 0 Å². The molecule has 0 bridgehead atoms. The maximum Gasteiger partial charge on any atom is 0.335 e. The summed E-state index contributed by atoms with van der Waals surface area (Å²) in [5, 5.41) is 11.6. The lowest BCUT2D eigenvalue weighted by Gasteiger charge is -2.13.